The van der Waals surface area contributed by atoms with E-state index in [-0.39, 0.29) is 5.41 Å². The average molecular weight is 358 g/mol. The molecule has 2 aromatic heterocycles. The van der Waals surface area contributed by atoms with Gasteiger partial charge in [0.25, 0.3) is 5.91 Å². The highest BCUT2D eigenvalue weighted by molar-refractivity contribution is 5.90. The molecular weight excluding hydrogens is 328 g/mol. The molecule has 2 rings (SSSR count). The lowest BCUT2D eigenvalue weighted by Gasteiger charge is -2.20. The normalized spacial score (nSPS) is 12.4. The van der Waals surface area contributed by atoms with Crippen LogP contribution in [0.2, 0.25) is 0 Å². The van der Waals surface area contributed by atoms with Crippen molar-refractivity contribution in [2.45, 2.75) is 65.5 Å². The van der Waals surface area contributed by atoms with Crippen molar-refractivity contribution in [3.63, 3.8) is 0 Å². The Hall–Kier alpha value is -2.18. The number of carbonyl (C=O) groups excluding carboxylic acids is 1. The van der Waals surface area contributed by atoms with E-state index in [0.29, 0.717) is 6.04 Å². The molecule has 2 aromatic rings. The lowest BCUT2D eigenvalue weighted by atomic mass is 9.90. The molecule has 0 saturated carbocycles. The van der Waals surface area contributed by atoms with Gasteiger partial charge in [-0.3, -0.25) is 10.0 Å². The van der Waals surface area contributed by atoms with E-state index in [9.17, 15) is 4.79 Å². The first-order valence-electron chi connectivity index (χ1n) is 9.17. The summed E-state index contributed by atoms with van der Waals surface area (Å²) in [6.07, 6.45) is 7.12. The zero-order chi connectivity index (χ0) is 19.3. The molecule has 142 valence electrons. The second kappa shape index (κ2) is 8.47. The number of hydrogen-bond acceptors (Lipinski definition) is 4. The standard InChI is InChI=1S/C20H30N4O2/c1-6-15(7-2)21-13-16-19(20(3,4)5)22-17-12-14(10-11-24(16)17)8-9-18(25)23-26/h8-12,15,21,26H,6-7,13H2,1-5H3,(H,23,25)/b9-8+. The van der Waals surface area contributed by atoms with E-state index in [1.165, 1.54) is 11.8 Å². The maximum atomic E-state index is 11.2. The number of amides is 1. The van der Waals surface area contributed by atoms with Gasteiger partial charge in [-0.05, 0) is 36.6 Å². The quantitative estimate of drug-likeness (QED) is 0.402. The molecule has 0 unspecified atom stereocenters. The fraction of sp³-hybridized carbons (Fsp3) is 0.500. The van der Waals surface area contributed by atoms with E-state index in [0.717, 1.165) is 36.3 Å². The molecular formula is C20H30N4O2. The second-order valence-corrected chi connectivity index (χ2v) is 7.55. The Labute approximate surface area is 155 Å². The predicted octanol–water partition coefficient (Wildman–Crippen LogP) is 3.43. The maximum Gasteiger partial charge on any atom is 0.267 e. The number of aromatic nitrogens is 2. The van der Waals surface area contributed by atoms with Crippen molar-refractivity contribution >= 4 is 17.6 Å². The summed E-state index contributed by atoms with van der Waals surface area (Å²) in [6.45, 7) is 11.7. The van der Waals surface area contributed by atoms with Gasteiger partial charge in [0.2, 0.25) is 0 Å². The van der Waals surface area contributed by atoms with Crippen LogP contribution in [-0.4, -0.2) is 26.5 Å². The Balaban J connectivity index is 2.41. The topological polar surface area (TPSA) is 78.7 Å². The summed E-state index contributed by atoms with van der Waals surface area (Å²) >= 11 is 0. The van der Waals surface area contributed by atoms with Crippen LogP contribution in [-0.2, 0) is 16.8 Å². The molecule has 0 aliphatic heterocycles. The average Bonchev–Trinajstić information content (AvgIpc) is 2.98. The highest BCUT2D eigenvalue weighted by atomic mass is 16.5. The van der Waals surface area contributed by atoms with Gasteiger partial charge in [-0.25, -0.2) is 10.5 Å². The highest BCUT2D eigenvalue weighted by Crippen LogP contribution is 2.27. The smallest absolute Gasteiger partial charge is 0.267 e. The molecule has 0 radical (unpaired) electrons. The highest BCUT2D eigenvalue weighted by Gasteiger charge is 2.24. The molecule has 1 amide bonds. The van der Waals surface area contributed by atoms with Crippen LogP contribution in [0.15, 0.2) is 24.4 Å². The predicted molar refractivity (Wildman–Crippen MR) is 104 cm³/mol. The molecule has 0 saturated heterocycles. The van der Waals surface area contributed by atoms with Gasteiger partial charge in [-0.15, -0.1) is 0 Å². The van der Waals surface area contributed by atoms with Gasteiger partial charge in [0.05, 0.1) is 11.4 Å². The number of rotatable bonds is 7. The van der Waals surface area contributed by atoms with E-state index in [2.05, 4.69) is 44.3 Å². The van der Waals surface area contributed by atoms with Crippen LogP contribution in [0.1, 0.15) is 64.4 Å². The molecule has 6 heteroatoms. The van der Waals surface area contributed by atoms with Crippen LogP contribution in [0.25, 0.3) is 11.7 Å². The number of nitrogens with zero attached hydrogens (tertiary/aromatic N) is 2. The number of fused-ring (bicyclic) bond motifs is 1. The largest absolute Gasteiger partial charge is 0.308 e. The second-order valence-electron chi connectivity index (χ2n) is 7.55. The summed E-state index contributed by atoms with van der Waals surface area (Å²) in [5.74, 6) is -0.557. The van der Waals surface area contributed by atoms with Crippen LogP contribution in [0.4, 0.5) is 0 Å². The summed E-state index contributed by atoms with van der Waals surface area (Å²) in [7, 11) is 0. The third-order valence-corrected chi connectivity index (χ3v) is 4.54. The molecule has 0 bridgehead atoms. The molecule has 0 aromatic carbocycles. The summed E-state index contributed by atoms with van der Waals surface area (Å²) in [5, 5.41) is 12.2. The van der Waals surface area contributed by atoms with Gasteiger partial charge >= 0.3 is 0 Å². The Morgan fingerprint density at radius 1 is 1.35 bits per heavy atom. The molecule has 0 atom stereocenters. The van der Waals surface area contributed by atoms with Gasteiger partial charge in [-0.2, -0.15) is 0 Å². The van der Waals surface area contributed by atoms with Crippen LogP contribution < -0.4 is 10.8 Å². The molecule has 26 heavy (non-hydrogen) atoms. The minimum Gasteiger partial charge on any atom is -0.308 e. The Morgan fingerprint density at radius 3 is 2.62 bits per heavy atom. The van der Waals surface area contributed by atoms with Crippen molar-refractivity contribution in [2.24, 2.45) is 0 Å². The molecule has 2 heterocycles. The molecule has 6 nitrogen and oxygen atoms in total. The lowest BCUT2D eigenvalue weighted by Crippen LogP contribution is -2.29. The number of hydroxylamine groups is 1. The molecule has 0 fully saturated rings. The summed E-state index contributed by atoms with van der Waals surface area (Å²) in [5.41, 5.74) is 5.47. The number of imidazole rings is 1. The first-order chi connectivity index (χ1) is 12.3. The molecule has 3 N–H and O–H groups in total. The Bertz CT molecular complexity index is 783. The fourth-order valence-corrected chi connectivity index (χ4v) is 3.01. The minimum atomic E-state index is -0.557. The summed E-state index contributed by atoms with van der Waals surface area (Å²) in [6, 6.07) is 4.37. The third-order valence-electron chi connectivity index (χ3n) is 4.54. The van der Waals surface area contributed by atoms with E-state index < -0.39 is 5.91 Å². The van der Waals surface area contributed by atoms with Gasteiger partial charge in [-0.1, -0.05) is 34.6 Å². The first kappa shape index (κ1) is 20.1. The zero-order valence-corrected chi connectivity index (χ0v) is 16.3. The summed E-state index contributed by atoms with van der Waals surface area (Å²) in [4.78, 5) is 16.0. The van der Waals surface area contributed by atoms with Gasteiger partial charge in [0, 0.05) is 30.3 Å². The first-order valence-corrected chi connectivity index (χ1v) is 9.17. The van der Waals surface area contributed by atoms with E-state index in [4.69, 9.17) is 10.2 Å². The monoisotopic (exact) mass is 358 g/mol. The number of nitrogens with one attached hydrogen (secondary N) is 2. The van der Waals surface area contributed by atoms with Crippen LogP contribution in [0, 0.1) is 0 Å². The van der Waals surface area contributed by atoms with Gasteiger partial charge in [0.1, 0.15) is 5.65 Å². The van der Waals surface area contributed by atoms with Crippen LogP contribution in [0.5, 0.6) is 0 Å². The van der Waals surface area contributed by atoms with Crippen molar-refractivity contribution in [2.75, 3.05) is 0 Å². The lowest BCUT2D eigenvalue weighted by molar-refractivity contribution is -0.124. The molecule has 0 aliphatic rings. The summed E-state index contributed by atoms with van der Waals surface area (Å²) < 4.78 is 2.11. The Kier molecular flexibility index (Phi) is 6.56. The minimum absolute atomic E-state index is 0.0657. The van der Waals surface area contributed by atoms with Crippen molar-refractivity contribution in [3.8, 4) is 0 Å². The van der Waals surface area contributed by atoms with Crippen molar-refractivity contribution < 1.29 is 10.0 Å². The van der Waals surface area contributed by atoms with Gasteiger partial charge < -0.3 is 9.72 Å². The number of pyridine rings is 1. The van der Waals surface area contributed by atoms with Crippen molar-refractivity contribution in [1.82, 2.24) is 20.2 Å². The van der Waals surface area contributed by atoms with Crippen molar-refractivity contribution in [1.29, 1.82) is 0 Å². The number of hydrogen-bond donors (Lipinski definition) is 3. The van der Waals surface area contributed by atoms with Gasteiger partial charge in [0.15, 0.2) is 0 Å². The maximum absolute atomic E-state index is 11.2. The SMILES string of the molecule is CCC(CC)NCc1c(C(C)(C)C)nc2cc(/C=C/C(=O)NO)ccn12. The van der Waals surface area contributed by atoms with Crippen molar-refractivity contribution in [3.05, 3.63) is 41.4 Å². The third kappa shape index (κ3) is 4.71. The van der Waals surface area contributed by atoms with E-state index >= 15 is 0 Å². The van der Waals surface area contributed by atoms with E-state index in [1.54, 1.807) is 11.6 Å². The van der Waals surface area contributed by atoms with E-state index in [1.807, 2.05) is 18.3 Å². The fourth-order valence-electron chi connectivity index (χ4n) is 3.01. The van der Waals surface area contributed by atoms with Crippen LogP contribution in [0.3, 0.4) is 0 Å². The molecule has 0 aliphatic carbocycles. The molecule has 0 spiro atoms. The number of carbonyl (C=O) groups is 1. The van der Waals surface area contributed by atoms with Crippen LogP contribution >= 0.6 is 0 Å². The Morgan fingerprint density at radius 2 is 2.04 bits per heavy atom. The zero-order valence-electron chi connectivity index (χ0n) is 16.3.